The highest BCUT2D eigenvalue weighted by Gasteiger charge is 2.06. The molecule has 2 rings (SSSR count). The molecule has 0 aliphatic heterocycles. The van der Waals surface area contributed by atoms with Crippen molar-refractivity contribution in [2.75, 3.05) is 12.4 Å². The number of pyridine rings is 2. The van der Waals surface area contributed by atoms with Gasteiger partial charge in [0.05, 0.1) is 13.2 Å². The molecule has 1 N–H and O–H groups in total. The molecule has 0 amide bonds. The first kappa shape index (κ1) is 14.1. The third-order valence-electron chi connectivity index (χ3n) is 2.62. The van der Waals surface area contributed by atoms with Gasteiger partial charge < -0.3 is 14.8 Å². The Labute approximate surface area is 119 Å². The normalized spacial score (nSPS) is 10.4. The lowest BCUT2D eigenvalue weighted by atomic mass is 10.2. The highest BCUT2D eigenvalue weighted by Crippen LogP contribution is 2.19. The van der Waals surface area contributed by atoms with Gasteiger partial charge in [-0.25, -0.2) is 9.97 Å². The van der Waals surface area contributed by atoms with E-state index in [2.05, 4.69) is 15.3 Å². The fraction of sp³-hybridized carbons (Fsp3) is 0.333. The second kappa shape index (κ2) is 6.75. The van der Waals surface area contributed by atoms with Gasteiger partial charge in [0.2, 0.25) is 11.8 Å². The summed E-state index contributed by atoms with van der Waals surface area (Å²) >= 11 is 0. The van der Waals surface area contributed by atoms with Crippen LogP contribution in [0.25, 0.3) is 0 Å². The summed E-state index contributed by atoms with van der Waals surface area (Å²) in [5, 5.41) is 3.31. The lowest BCUT2D eigenvalue weighted by Crippen LogP contribution is -2.10. The molecule has 5 nitrogen and oxygen atoms in total. The van der Waals surface area contributed by atoms with E-state index in [1.165, 1.54) is 0 Å². The lowest BCUT2D eigenvalue weighted by Gasteiger charge is -2.13. The predicted octanol–water partition coefficient (Wildman–Crippen LogP) is 2.88. The average Bonchev–Trinajstić information content (AvgIpc) is 2.46. The van der Waals surface area contributed by atoms with Crippen LogP contribution in [0.3, 0.4) is 0 Å². The first-order chi connectivity index (χ1) is 9.69. The SMILES string of the molecule is COc1cc(NCc2cccnc2OC(C)C)ccn1. The van der Waals surface area contributed by atoms with Crippen molar-refractivity contribution < 1.29 is 9.47 Å². The minimum absolute atomic E-state index is 0.102. The Morgan fingerprint density at radius 1 is 1.20 bits per heavy atom. The summed E-state index contributed by atoms with van der Waals surface area (Å²) in [5.74, 6) is 1.25. The van der Waals surface area contributed by atoms with Crippen molar-refractivity contribution in [3.8, 4) is 11.8 Å². The Morgan fingerprint density at radius 3 is 2.80 bits per heavy atom. The molecule has 0 radical (unpaired) electrons. The van der Waals surface area contributed by atoms with Crippen LogP contribution in [0.1, 0.15) is 19.4 Å². The number of nitrogens with zero attached hydrogens (tertiary/aromatic N) is 2. The van der Waals surface area contributed by atoms with E-state index in [-0.39, 0.29) is 6.10 Å². The number of rotatable bonds is 6. The zero-order chi connectivity index (χ0) is 14.4. The number of hydrogen-bond donors (Lipinski definition) is 1. The molecule has 2 aromatic heterocycles. The quantitative estimate of drug-likeness (QED) is 0.877. The number of nitrogens with one attached hydrogen (secondary N) is 1. The summed E-state index contributed by atoms with van der Waals surface area (Å²) in [5.41, 5.74) is 1.95. The molecule has 106 valence electrons. The minimum Gasteiger partial charge on any atom is -0.481 e. The number of ether oxygens (including phenoxy) is 2. The Bertz CT molecular complexity index is 558. The van der Waals surface area contributed by atoms with Crippen LogP contribution in [-0.2, 0) is 6.54 Å². The Balaban J connectivity index is 2.06. The van der Waals surface area contributed by atoms with Gasteiger partial charge in [0.25, 0.3) is 0 Å². The molecule has 0 aromatic carbocycles. The van der Waals surface area contributed by atoms with Crippen molar-refractivity contribution in [1.29, 1.82) is 0 Å². The molecule has 0 saturated carbocycles. The topological polar surface area (TPSA) is 56.3 Å². The monoisotopic (exact) mass is 273 g/mol. The zero-order valence-corrected chi connectivity index (χ0v) is 12.0. The van der Waals surface area contributed by atoms with Gasteiger partial charge in [-0.15, -0.1) is 0 Å². The summed E-state index contributed by atoms with van der Waals surface area (Å²) in [7, 11) is 1.60. The van der Waals surface area contributed by atoms with Gasteiger partial charge in [-0.05, 0) is 26.0 Å². The first-order valence-corrected chi connectivity index (χ1v) is 6.53. The largest absolute Gasteiger partial charge is 0.481 e. The van der Waals surface area contributed by atoms with E-state index in [4.69, 9.17) is 9.47 Å². The summed E-state index contributed by atoms with van der Waals surface area (Å²) in [4.78, 5) is 8.34. The van der Waals surface area contributed by atoms with E-state index >= 15 is 0 Å². The molecule has 20 heavy (non-hydrogen) atoms. The second-order valence-corrected chi connectivity index (χ2v) is 4.57. The molecule has 0 aliphatic rings. The summed E-state index contributed by atoms with van der Waals surface area (Å²) in [6, 6.07) is 7.63. The van der Waals surface area contributed by atoms with E-state index in [9.17, 15) is 0 Å². The van der Waals surface area contributed by atoms with E-state index in [1.54, 1.807) is 19.5 Å². The highest BCUT2D eigenvalue weighted by molar-refractivity contribution is 5.46. The maximum absolute atomic E-state index is 5.69. The standard InChI is InChI=1S/C15H19N3O2/c1-11(2)20-15-12(5-4-7-17-15)10-18-13-6-8-16-14(9-13)19-3/h4-9,11H,10H2,1-3H3,(H,16,18). The van der Waals surface area contributed by atoms with Crippen LogP contribution in [0.2, 0.25) is 0 Å². The molecule has 0 atom stereocenters. The Kier molecular flexibility index (Phi) is 4.76. The summed E-state index contributed by atoms with van der Waals surface area (Å²) in [6.45, 7) is 4.60. The van der Waals surface area contributed by atoms with Crippen LogP contribution in [0.15, 0.2) is 36.7 Å². The fourth-order valence-corrected chi connectivity index (χ4v) is 1.72. The predicted molar refractivity (Wildman–Crippen MR) is 78.1 cm³/mol. The number of hydrogen-bond acceptors (Lipinski definition) is 5. The van der Waals surface area contributed by atoms with Crippen LogP contribution >= 0.6 is 0 Å². The zero-order valence-electron chi connectivity index (χ0n) is 12.0. The molecular weight excluding hydrogens is 254 g/mol. The van der Waals surface area contributed by atoms with E-state index in [0.717, 1.165) is 11.3 Å². The maximum Gasteiger partial charge on any atom is 0.218 e. The van der Waals surface area contributed by atoms with Crippen LogP contribution in [0.4, 0.5) is 5.69 Å². The van der Waals surface area contributed by atoms with Crippen molar-refractivity contribution in [3.63, 3.8) is 0 Å². The molecule has 0 bridgehead atoms. The molecule has 0 saturated heterocycles. The van der Waals surface area contributed by atoms with Gasteiger partial charge in [-0.1, -0.05) is 6.07 Å². The molecule has 0 spiro atoms. The average molecular weight is 273 g/mol. The molecule has 0 unspecified atom stereocenters. The Hall–Kier alpha value is -2.30. The van der Waals surface area contributed by atoms with Gasteiger partial charge >= 0.3 is 0 Å². The molecule has 2 aromatic rings. The molecule has 0 fully saturated rings. The van der Waals surface area contributed by atoms with E-state index in [0.29, 0.717) is 18.3 Å². The van der Waals surface area contributed by atoms with Crippen LogP contribution < -0.4 is 14.8 Å². The number of methoxy groups -OCH3 is 1. The van der Waals surface area contributed by atoms with Crippen molar-refractivity contribution in [3.05, 3.63) is 42.2 Å². The van der Waals surface area contributed by atoms with Gasteiger partial charge in [0.1, 0.15) is 0 Å². The number of anilines is 1. The first-order valence-electron chi connectivity index (χ1n) is 6.53. The van der Waals surface area contributed by atoms with E-state index < -0.39 is 0 Å². The van der Waals surface area contributed by atoms with Gasteiger partial charge in [0.15, 0.2) is 0 Å². The van der Waals surface area contributed by atoms with Gasteiger partial charge in [-0.3, -0.25) is 0 Å². The van der Waals surface area contributed by atoms with Crippen LogP contribution in [0.5, 0.6) is 11.8 Å². The smallest absolute Gasteiger partial charge is 0.218 e. The third kappa shape index (κ3) is 3.85. The number of aromatic nitrogens is 2. The maximum atomic E-state index is 5.69. The van der Waals surface area contributed by atoms with Gasteiger partial charge in [0, 0.05) is 36.3 Å². The summed E-state index contributed by atoms with van der Waals surface area (Å²) in [6.07, 6.45) is 3.54. The highest BCUT2D eigenvalue weighted by atomic mass is 16.5. The van der Waals surface area contributed by atoms with Crippen LogP contribution in [0, 0.1) is 0 Å². The third-order valence-corrected chi connectivity index (χ3v) is 2.62. The van der Waals surface area contributed by atoms with Gasteiger partial charge in [-0.2, -0.15) is 0 Å². The molecule has 2 heterocycles. The Morgan fingerprint density at radius 2 is 2.05 bits per heavy atom. The van der Waals surface area contributed by atoms with Crippen molar-refractivity contribution in [2.24, 2.45) is 0 Å². The van der Waals surface area contributed by atoms with Crippen molar-refractivity contribution >= 4 is 5.69 Å². The molecule has 0 aliphatic carbocycles. The second-order valence-electron chi connectivity index (χ2n) is 4.57. The lowest BCUT2D eigenvalue weighted by molar-refractivity contribution is 0.230. The van der Waals surface area contributed by atoms with Crippen LogP contribution in [-0.4, -0.2) is 23.2 Å². The minimum atomic E-state index is 0.102. The fourth-order valence-electron chi connectivity index (χ4n) is 1.72. The van der Waals surface area contributed by atoms with Crippen molar-refractivity contribution in [1.82, 2.24) is 9.97 Å². The van der Waals surface area contributed by atoms with E-state index in [1.807, 2.05) is 38.1 Å². The molecular formula is C15H19N3O2. The summed E-state index contributed by atoms with van der Waals surface area (Å²) < 4.78 is 10.8. The van der Waals surface area contributed by atoms with Crippen molar-refractivity contribution in [2.45, 2.75) is 26.5 Å². The molecule has 5 heteroatoms.